The van der Waals surface area contributed by atoms with Crippen LogP contribution in [0.2, 0.25) is 0 Å². The van der Waals surface area contributed by atoms with E-state index in [1.807, 2.05) is 30.3 Å². The van der Waals surface area contributed by atoms with E-state index in [-0.39, 0.29) is 6.04 Å². The van der Waals surface area contributed by atoms with Crippen molar-refractivity contribution in [1.82, 2.24) is 10.7 Å². The summed E-state index contributed by atoms with van der Waals surface area (Å²) < 4.78 is 0. The number of nitrogens with one attached hydrogen (secondary N) is 2. The minimum absolute atomic E-state index is 0.125. The van der Waals surface area contributed by atoms with E-state index in [1.54, 1.807) is 0 Å². The van der Waals surface area contributed by atoms with Crippen LogP contribution in [0.15, 0.2) is 35.4 Å². The molecule has 0 bridgehead atoms. The maximum Gasteiger partial charge on any atom is 0.329 e. The van der Waals surface area contributed by atoms with Gasteiger partial charge in [0.25, 0.3) is 0 Å². The Morgan fingerprint density at radius 3 is 2.45 bits per heavy atom. The van der Waals surface area contributed by atoms with Crippen molar-refractivity contribution in [3.05, 3.63) is 35.9 Å². The third-order valence-corrected chi connectivity index (χ3v) is 3.33. The van der Waals surface area contributed by atoms with Gasteiger partial charge in [-0.3, -0.25) is 9.59 Å². The summed E-state index contributed by atoms with van der Waals surface area (Å²) >= 11 is 0. The summed E-state index contributed by atoms with van der Waals surface area (Å²) in [6.45, 7) is 0. The Labute approximate surface area is 118 Å². The second-order valence-corrected chi connectivity index (χ2v) is 4.92. The molecular formula is C15H19N3O2. The molecule has 0 spiro atoms. The number of carbonyl (C=O) groups is 2. The number of rotatable bonds is 3. The molecule has 1 aliphatic carbocycles. The summed E-state index contributed by atoms with van der Waals surface area (Å²) in [5, 5.41) is 6.51. The van der Waals surface area contributed by atoms with Gasteiger partial charge in [0.05, 0.1) is 6.21 Å². The van der Waals surface area contributed by atoms with E-state index in [0.29, 0.717) is 0 Å². The molecule has 5 heteroatoms. The van der Waals surface area contributed by atoms with Crippen LogP contribution in [0.25, 0.3) is 0 Å². The molecule has 1 aliphatic rings. The van der Waals surface area contributed by atoms with Gasteiger partial charge in [0.1, 0.15) is 0 Å². The van der Waals surface area contributed by atoms with Gasteiger partial charge in [0, 0.05) is 6.04 Å². The monoisotopic (exact) mass is 273 g/mol. The van der Waals surface area contributed by atoms with Crippen LogP contribution in [0.5, 0.6) is 0 Å². The fourth-order valence-electron chi connectivity index (χ4n) is 2.25. The number of hydrazone groups is 1. The van der Waals surface area contributed by atoms with Crippen molar-refractivity contribution in [3.8, 4) is 0 Å². The molecule has 106 valence electrons. The second-order valence-electron chi connectivity index (χ2n) is 4.92. The Bertz CT molecular complexity index is 479. The van der Waals surface area contributed by atoms with E-state index in [9.17, 15) is 9.59 Å². The molecule has 0 radical (unpaired) electrons. The van der Waals surface area contributed by atoms with E-state index >= 15 is 0 Å². The molecular weight excluding hydrogens is 254 g/mol. The molecule has 20 heavy (non-hydrogen) atoms. The van der Waals surface area contributed by atoms with Crippen LogP contribution in [-0.4, -0.2) is 24.1 Å². The molecule has 1 saturated carbocycles. The predicted octanol–water partition coefficient (Wildman–Crippen LogP) is 1.59. The van der Waals surface area contributed by atoms with Crippen molar-refractivity contribution < 1.29 is 9.59 Å². The average molecular weight is 273 g/mol. The molecule has 0 saturated heterocycles. The molecule has 0 atom stereocenters. The lowest BCUT2D eigenvalue weighted by Gasteiger charge is -2.22. The molecule has 0 unspecified atom stereocenters. The van der Waals surface area contributed by atoms with Gasteiger partial charge < -0.3 is 5.32 Å². The molecule has 1 aromatic rings. The zero-order valence-corrected chi connectivity index (χ0v) is 11.3. The molecule has 1 fully saturated rings. The highest BCUT2D eigenvalue weighted by Crippen LogP contribution is 2.17. The van der Waals surface area contributed by atoms with Crippen LogP contribution in [-0.2, 0) is 9.59 Å². The number of amides is 2. The summed E-state index contributed by atoms with van der Waals surface area (Å²) in [6.07, 6.45) is 6.84. The minimum atomic E-state index is -0.720. The highest BCUT2D eigenvalue weighted by molar-refractivity contribution is 6.35. The van der Waals surface area contributed by atoms with Crippen molar-refractivity contribution in [2.75, 3.05) is 0 Å². The normalized spacial score (nSPS) is 16.0. The summed E-state index contributed by atoms with van der Waals surface area (Å²) in [4.78, 5) is 23.2. The van der Waals surface area contributed by atoms with Gasteiger partial charge in [-0.2, -0.15) is 5.10 Å². The summed E-state index contributed by atoms with van der Waals surface area (Å²) in [6, 6.07) is 9.49. The molecule has 1 aromatic carbocycles. The summed E-state index contributed by atoms with van der Waals surface area (Å²) in [5.41, 5.74) is 3.10. The zero-order valence-electron chi connectivity index (χ0n) is 11.3. The lowest BCUT2D eigenvalue weighted by molar-refractivity contribution is -0.139. The first-order valence-electron chi connectivity index (χ1n) is 6.94. The van der Waals surface area contributed by atoms with Gasteiger partial charge in [-0.1, -0.05) is 49.6 Å². The maximum absolute atomic E-state index is 11.7. The van der Waals surface area contributed by atoms with Gasteiger partial charge >= 0.3 is 11.8 Å². The van der Waals surface area contributed by atoms with Crippen LogP contribution in [0.1, 0.15) is 37.7 Å². The topological polar surface area (TPSA) is 70.6 Å². The number of benzene rings is 1. The van der Waals surface area contributed by atoms with Crippen LogP contribution >= 0.6 is 0 Å². The lowest BCUT2D eigenvalue weighted by atomic mass is 9.95. The van der Waals surface area contributed by atoms with Crippen LogP contribution < -0.4 is 10.7 Å². The van der Waals surface area contributed by atoms with E-state index in [2.05, 4.69) is 15.8 Å². The first-order valence-corrected chi connectivity index (χ1v) is 6.94. The van der Waals surface area contributed by atoms with E-state index in [1.165, 1.54) is 12.6 Å². The third-order valence-electron chi connectivity index (χ3n) is 3.33. The van der Waals surface area contributed by atoms with E-state index < -0.39 is 11.8 Å². The van der Waals surface area contributed by atoms with Gasteiger partial charge in [-0.25, -0.2) is 5.43 Å². The molecule has 2 rings (SSSR count). The molecule has 0 aliphatic heterocycles. The first kappa shape index (κ1) is 14.2. The number of nitrogens with zero attached hydrogens (tertiary/aromatic N) is 1. The van der Waals surface area contributed by atoms with Gasteiger partial charge in [-0.15, -0.1) is 0 Å². The van der Waals surface area contributed by atoms with Crippen molar-refractivity contribution >= 4 is 18.0 Å². The first-order chi connectivity index (χ1) is 9.75. The molecule has 5 nitrogen and oxygen atoms in total. The molecule has 2 amide bonds. The average Bonchev–Trinajstić information content (AvgIpc) is 2.49. The lowest BCUT2D eigenvalue weighted by Crippen LogP contribution is -2.44. The van der Waals surface area contributed by atoms with E-state index in [4.69, 9.17) is 0 Å². The Morgan fingerprint density at radius 1 is 1.05 bits per heavy atom. The molecule has 0 aromatic heterocycles. The minimum Gasteiger partial charge on any atom is -0.345 e. The SMILES string of the molecule is O=C(N/N=C\c1ccccc1)C(=O)NC1CCCCC1. The fraction of sp³-hybridized carbons (Fsp3) is 0.400. The largest absolute Gasteiger partial charge is 0.345 e. The summed E-state index contributed by atoms with van der Waals surface area (Å²) in [7, 11) is 0. The Morgan fingerprint density at radius 2 is 1.75 bits per heavy atom. The Balaban J connectivity index is 1.76. The number of carbonyl (C=O) groups excluding carboxylic acids is 2. The smallest absolute Gasteiger partial charge is 0.329 e. The Kier molecular flexibility index (Phi) is 5.29. The maximum atomic E-state index is 11.7. The van der Waals surface area contributed by atoms with Gasteiger partial charge in [0.15, 0.2) is 0 Å². The van der Waals surface area contributed by atoms with Crippen LogP contribution in [0.4, 0.5) is 0 Å². The van der Waals surface area contributed by atoms with E-state index in [0.717, 1.165) is 31.2 Å². The number of hydrogen-bond acceptors (Lipinski definition) is 3. The van der Waals surface area contributed by atoms with Crippen molar-refractivity contribution in [2.24, 2.45) is 5.10 Å². The van der Waals surface area contributed by atoms with Gasteiger partial charge in [-0.05, 0) is 18.4 Å². The van der Waals surface area contributed by atoms with Crippen molar-refractivity contribution in [3.63, 3.8) is 0 Å². The highest BCUT2D eigenvalue weighted by atomic mass is 16.2. The zero-order chi connectivity index (χ0) is 14.2. The standard InChI is InChI=1S/C15H19N3O2/c19-14(17-13-9-5-2-6-10-13)15(20)18-16-11-12-7-3-1-4-8-12/h1,3-4,7-8,11,13H,2,5-6,9-10H2,(H,17,19)(H,18,20)/b16-11-. The van der Waals surface area contributed by atoms with Crippen molar-refractivity contribution in [1.29, 1.82) is 0 Å². The third kappa shape index (κ3) is 4.50. The highest BCUT2D eigenvalue weighted by Gasteiger charge is 2.19. The predicted molar refractivity (Wildman–Crippen MR) is 77.2 cm³/mol. The van der Waals surface area contributed by atoms with Crippen LogP contribution in [0.3, 0.4) is 0 Å². The van der Waals surface area contributed by atoms with Crippen molar-refractivity contribution in [2.45, 2.75) is 38.1 Å². The second kappa shape index (κ2) is 7.43. The summed E-state index contributed by atoms with van der Waals surface area (Å²) in [5.74, 6) is -1.33. The van der Waals surface area contributed by atoms with Crippen LogP contribution in [0, 0.1) is 0 Å². The molecule has 0 heterocycles. The van der Waals surface area contributed by atoms with Gasteiger partial charge in [0.2, 0.25) is 0 Å². The number of hydrogen-bond donors (Lipinski definition) is 2. The molecule has 2 N–H and O–H groups in total. The Hall–Kier alpha value is -2.17. The quantitative estimate of drug-likeness (QED) is 0.499. The fourth-order valence-corrected chi connectivity index (χ4v) is 2.25.